The van der Waals surface area contributed by atoms with Crippen LogP contribution in [0.4, 0.5) is 5.82 Å². The first kappa shape index (κ1) is 12.2. The maximum absolute atomic E-state index is 12.4. The predicted octanol–water partition coefficient (Wildman–Crippen LogP) is 1.71. The molecular weight excluding hydrogens is 260 g/mol. The summed E-state index contributed by atoms with van der Waals surface area (Å²) in [5, 5.41) is 0.612. The zero-order chi connectivity index (χ0) is 14.3. The molecule has 0 aliphatic rings. The van der Waals surface area contributed by atoms with Crippen LogP contribution in [-0.4, -0.2) is 18.1 Å². The zero-order valence-corrected chi connectivity index (χ0v) is 10.5. The SMILES string of the molecule is COC(=O)c1cc2c(=O)c3ccccc3oc2nc1N. The fourth-order valence-corrected chi connectivity index (χ4v) is 2.02. The number of ether oxygens (including phenoxy) is 1. The van der Waals surface area contributed by atoms with Gasteiger partial charge >= 0.3 is 5.97 Å². The Kier molecular flexibility index (Phi) is 2.64. The number of pyridine rings is 1. The summed E-state index contributed by atoms with van der Waals surface area (Å²) in [6.45, 7) is 0. The van der Waals surface area contributed by atoms with Crippen LogP contribution in [-0.2, 0) is 4.74 Å². The van der Waals surface area contributed by atoms with Crippen molar-refractivity contribution in [2.24, 2.45) is 0 Å². The minimum Gasteiger partial charge on any atom is -0.465 e. The van der Waals surface area contributed by atoms with E-state index in [1.165, 1.54) is 13.2 Å². The topological polar surface area (TPSA) is 95.4 Å². The van der Waals surface area contributed by atoms with Crippen LogP contribution >= 0.6 is 0 Å². The van der Waals surface area contributed by atoms with Crippen LogP contribution < -0.4 is 11.2 Å². The number of nitrogen functional groups attached to an aromatic ring is 1. The molecule has 20 heavy (non-hydrogen) atoms. The molecule has 0 aliphatic heterocycles. The number of anilines is 1. The van der Waals surface area contributed by atoms with Crippen LogP contribution in [0.3, 0.4) is 0 Å². The summed E-state index contributed by atoms with van der Waals surface area (Å²) in [5.41, 5.74) is 5.98. The summed E-state index contributed by atoms with van der Waals surface area (Å²) < 4.78 is 10.1. The Bertz CT molecular complexity index is 899. The molecule has 0 saturated carbocycles. The lowest BCUT2D eigenvalue weighted by molar-refractivity contribution is 0.0602. The number of benzene rings is 1. The molecule has 0 spiro atoms. The molecule has 100 valence electrons. The number of nitrogens with two attached hydrogens (primary N) is 1. The molecule has 0 unspecified atom stereocenters. The molecule has 2 aromatic heterocycles. The number of esters is 1. The molecule has 6 nitrogen and oxygen atoms in total. The van der Waals surface area contributed by atoms with E-state index in [1.807, 2.05) is 0 Å². The van der Waals surface area contributed by atoms with Crippen molar-refractivity contribution in [1.82, 2.24) is 4.98 Å². The normalized spacial score (nSPS) is 10.8. The van der Waals surface area contributed by atoms with E-state index in [9.17, 15) is 9.59 Å². The average Bonchev–Trinajstić information content (AvgIpc) is 2.46. The fourth-order valence-electron chi connectivity index (χ4n) is 2.02. The Labute approximate surface area is 112 Å². The molecule has 1 aromatic carbocycles. The summed E-state index contributed by atoms with van der Waals surface area (Å²) >= 11 is 0. The highest BCUT2D eigenvalue weighted by atomic mass is 16.5. The monoisotopic (exact) mass is 270 g/mol. The first-order valence-electron chi connectivity index (χ1n) is 5.82. The second-order valence-electron chi connectivity index (χ2n) is 4.19. The lowest BCUT2D eigenvalue weighted by Crippen LogP contribution is -2.11. The quantitative estimate of drug-likeness (QED) is 0.534. The molecule has 2 N–H and O–H groups in total. The maximum atomic E-state index is 12.4. The van der Waals surface area contributed by atoms with Gasteiger partial charge in [0.2, 0.25) is 11.1 Å². The van der Waals surface area contributed by atoms with Gasteiger partial charge in [-0.15, -0.1) is 0 Å². The third-order valence-electron chi connectivity index (χ3n) is 3.01. The predicted molar refractivity (Wildman–Crippen MR) is 73.5 cm³/mol. The van der Waals surface area contributed by atoms with E-state index in [1.54, 1.807) is 24.3 Å². The molecule has 0 saturated heterocycles. The number of methoxy groups -OCH3 is 1. The highest BCUT2D eigenvalue weighted by Crippen LogP contribution is 2.21. The van der Waals surface area contributed by atoms with E-state index in [4.69, 9.17) is 10.2 Å². The fraction of sp³-hybridized carbons (Fsp3) is 0.0714. The molecule has 0 aliphatic carbocycles. The number of para-hydroxylation sites is 1. The van der Waals surface area contributed by atoms with Gasteiger partial charge in [-0.2, -0.15) is 4.98 Å². The third kappa shape index (κ3) is 1.70. The van der Waals surface area contributed by atoms with Gasteiger partial charge in [-0.25, -0.2) is 4.79 Å². The second kappa shape index (κ2) is 4.34. The van der Waals surface area contributed by atoms with Gasteiger partial charge in [-0.1, -0.05) is 12.1 Å². The number of hydrogen-bond donors (Lipinski definition) is 1. The van der Waals surface area contributed by atoms with Crippen LogP contribution in [0.25, 0.3) is 22.1 Å². The molecule has 3 aromatic rings. The molecular formula is C14H10N2O4. The second-order valence-corrected chi connectivity index (χ2v) is 4.19. The largest absolute Gasteiger partial charge is 0.465 e. The summed E-state index contributed by atoms with van der Waals surface area (Å²) in [6.07, 6.45) is 0. The summed E-state index contributed by atoms with van der Waals surface area (Å²) in [7, 11) is 1.23. The highest BCUT2D eigenvalue weighted by Gasteiger charge is 2.16. The van der Waals surface area contributed by atoms with Crippen molar-refractivity contribution in [3.8, 4) is 0 Å². The Morgan fingerprint density at radius 3 is 2.80 bits per heavy atom. The van der Waals surface area contributed by atoms with E-state index in [-0.39, 0.29) is 27.9 Å². The van der Waals surface area contributed by atoms with Gasteiger partial charge in [0, 0.05) is 0 Å². The number of carbonyl (C=O) groups excluding carboxylic acids is 1. The van der Waals surface area contributed by atoms with Crippen molar-refractivity contribution < 1.29 is 13.9 Å². The average molecular weight is 270 g/mol. The standard InChI is InChI=1S/C14H10N2O4/c1-19-14(18)9-6-8-11(17)7-4-2-3-5-10(7)20-13(8)16-12(9)15/h2-6H,1H3,(H2,15,16). The first-order valence-corrected chi connectivity index (χ1v) is 5.82. The van der Waals surface area contributed by atoms with Gasteiger partial charge in [0.1, 0.15) is 17.0 Å². The van der Waals surface area contributed by atoms with Crippen LogP contribution in [0, 0.1) is 0 Å². The molecule has 2 heterocycles. The number of hydrogen-bond acceptors (Lipinski definition) is 6. The summed E-state index contributed by atoms with van der Waals surface area (Å²) in [6, 6.07) is 8.15. The van der Waals surface area contributed by atoms with Crippen molar-refractivity contribution in [2.75, 3.05) is 12.8 Å². The van der Waals surface area contributed by atoms with E-state index >= 15 is 0 Å². The lowest BCUT2D eigenvalue weighted by Gasteiger charge is -2.05. The first-order chi connectivity index (χ1) is 9.61. The lowest BCUT2D eigenvalue weighted by atomic mass is 10.1. The zero-order valence-electron chi connectivity index (χ0n) is 10.5. The number of aromatic nitrogens is 1. The van der Waals surface area contributed by atoms with Gasteiger partial charge in [0.05, 0.1) is 17.9 Å². The van der Waals surface area contributed by atoms with Gasteiger partial charge in [0.15, 0.2) is 0 Å². The van der Waals surface area contributed by atoms with Crippen molar-refractivity contribution in [1.29, 1.82) is 0 Å². The Morgan fingerprint density at radius 2 is 2.05 bits per heavy atom. The maximum Gasteiger partial charge on any atom is 0.341 e. The number of rotatable bonds is 1. The van der Waals surface area contributed by atoms with E-state index in [2.05, 4.69) is 9.72 Å². The Balaban J connectivity index is 2.45. The molecule has 0 bridgehead atoms. The van der Waals surface area contributed by atoms with Gasteiger partial charge in [-0.3, -0.25) is 4.79 Å². The van der Waals surface area contributed by atoms with Crippen molar-refractivity contribution >= 4 is 33.9 Å². The highest BCUT2D eigenvalue weighted by molar-refractivity contribution is 5.99. The van der Waals surface area contributed by atoms with Crippen LogP contribution in [0.1, 0.15) is 10.4 Å². The van der Waals surface area contributed by atoms with Gasteiger partial charge < -0.3 is 14.9 Å². The van der Waals surface area contributed by atoms with E-state index < -0.39 is 5.97 Å². The van der Waals surface area contributed by atoms with E-state index in [0.717, 1.165) is 0 Å². The molecule has 0 radical (unpaired) electrons. The van der Waals surface area contributed by atoms with E-state index in [0.29, 0.717) is 11.0 Å². The smallest absolute Gasteiger partial charge is 0.341 e. The minimum atomic E-state index is -0.649. The van der Waals surface area contributed by atoms with Gasteiger partial charge in [0.25, 0.3) is 0 Å². The molecule has 0 atom stereocenters. The van der Waals surface area contributed by atoms with Crippen molar-refractivity contribution in [3.05, 3.63) is 46.1 Å². The number of carbonyl (C=O) groups is 1. The Morgan fingerprint density at radius 1 is 1.30 bits per heavy atom. The summed E-state index contributed by atoms with van der Waals surface area (Å²) in [4.78, 5) is 27.9. The van der Waals surface area contributed by atoms with Crippen molar-refractivity contribution in [2.45, 2.75) is 0 Å². The molecule has 0 amide bonds. The number of nitrogens with zero attached hydrogens (tertiary/aromatic N) is 1. The Hall–Kier alpha value is -2.89. The molecule has 3 rings (SSSR count). The van der Waals surface area contributed by atoms with Crippen molar-refractivity contribution in [3.63, 3.8) is 0 Å². The summed E-state index contributed by atoms with van der Waals surface area (Å²) in [5.74, 6) is -0.688. The number of fused-ring (bicyclic) bond motifs is 2. The van der Waals surface area contributed by atoms with Crippen LogP contribution in [0.5, 0.6) is 0 Å². The van der Waals surface area contributed by atoms with Crippen LogP contribution in [0.2, 0.25) is 0 Å². The third-order valence-corrected chi connectivity index (χ3v) is 3.01. The minimum absolute atomic E-state index is 0.0391. The van der Waals surface area contributed by atoms with Gasteiger partial charge in [-0.05, 0) is 18.2 Å². The molecule has 0 fully saturated rings. The van der Waals surface area contributed by atoms with Crippen LogP contribution in [0.15, 0.2) is 39.5 Å². The molecule has 6 heteroatoms.